The zero-order chi connectivity index (χ0) is 11.5. The number of carbonyl (C=O) groups excluding carboxylic acids is 1. The predicted molar refractivity (Wildman–Crippen MR) is 65.4 cm³/mol. The molecule has 1 amide bonds. The average molecular weight is 280 g/mol. The number of H-pyrrole nitrogens is 1. The molecule has 0 saturated heterocycles. The summed E-state index contributed by atoms with van der Waals surface area (Å²) >= 11 is 3.34. The second-order valence-electron chi connectivity index (χ2n) is 3.35. The SMILES string of the molecule is Cc1ncc(C(=O)Nc2cccc(Br)c2)[nH]1. The lowest BCUT2D eigenvalue weighted by molar-refractivity contribution is 0.102. The van der Waals surface area contributed by atoms with Gasteiger partial charge < -0.3 is 10.3 Å². The van der Waals surface area contributed by atoms with Crippen molar-refractivity contribution in [3.63, 3.8) is 0 Å². The standard InChI is InChI=1S/C11H10BrN3O/c1-7-13-6-10(14-7)11(16)15-9-4-2-3-8(12)5-9/h2-6H,1H3,(H,13,14)(H,15,16). The van der Waals surface area contributed by atoms with E-state index in [1.807, 2.05) is 24.3 Å². The van der Waals surface area contributed by atoms with Gasteiger partial charge in [-0.25, -0.2) is 4.98 Å². The van der Waals surface area contributed by atoms with Gasteiger partial charge in [-0.05, 0) is 25.1 Å². The molecule has 0 saturated carbocycles. The number of benzene rings is 1. The first-order chi connectivity index (χ1) is 7.65. The Morgan fingerprint density at radius 3 is 2.94 bits per heavy atom. The lowest BCUT2D eigenvalue weighted by atomic mass is 10.3. The fourth-order valence-electron chi connectivity index (χ4n) is 1.30. The predicted octanol–water partition coefficient (Wildman–Crippen LogP) is 2.73. The first kappa shape index (κ1) is 10.9. The van der Waals surface area contributed by atoms with Gasteiger partial charge in [0.05, 0.1) is 6.20 Å². The largest absolute Gasteiger partial charge is 0.338 e. The number of carbonyl (C=O) groups is 1. The maximum absolute atomic E-state index is 11.7. The number of hydrogen-bond acceptors (Lipinski definition) is 2. The Hall–Kier alpha value is -1.62. The molecule has 2 N–H and O–H groups in total. The van der Waals surface area contributed by atoms with E-state index >= 15 is 0 Å². The number of nitrogens with zero attached hydrogens (tertiary/aromatic N) is 1. The second kappa shape index (κ2) is 4.49. The monoisotopic (exact) mass is 279 g/mol. The molecule has 1 aromatic heterocycles. The quantitative estimate of drug-likeness (QED) is 0.888. The Balaban J connectivity index is 2.13. The number of halogens is 1. The lowest BCUT2D eigenvalue weighted by Gasteiger charge is -2.03. The van der Waals surface area contributed by atoms with E-state index in [0.29, 0.717) is 5.69 Å². The Kier molecular flexibility index (Phi) is 3.05. The van der Waals surface area contributed by atoms with Crippen LogP contribution in [0, 0.1) is 6.92 Å². The first-order valence-corrected chi connectivity index (χ1v) is 5.53. The third kappa shape index (κ3) is 2.49. The molecule has 0 spiro atoms. The molecule has 16 heavy (non-hydrogen) atoms. The molecule has 1 heterocycles. The number of anilines is 1. The summed E-state index contributed by atoms with van der Waals surface area (Å²) in [7, 11) is 0. The van der Waals surface area contributed by atoms with E-state index in [1.54, 1.807) is 6.92 Å². The van der Waals surface area contributed by atoms with Crippen LogP contribution in [0.5, 0.6) is 0 Å². The molecule has 0 aliphatic carbocycles. The molecule has 5 heteroatoms. The minimum Gasteiger partial charge on any atom is -0.338 e. The molecule has 0 unspecified atom stereocenters. The number of aryl methyl sites for hydroxylation is 1. The third-order valence-electron chi connectivity index (χ3n) is 2.03. The highest BCUT2D eigenvalue weighted by Crippen LogP contribution is 2.16. The highest BCUT2D eigenvalue weighted by molar-refractivity contribution is 9.10. The summed E-state index contributed by atoms with van der Waals surface area (Å²) in [5, 5.41) is 2.77. The van der Waals surface area contributed by atoms with Crippen LogP contribution in [0.2, 0.25) is 0 Å². The van der Waals surface area contributed by atoms with E-state index in [0.717, 1.165) is 16.0 Å². The maximum Gasteiger partial charge on any atom is 0.273 e. The average Bonchev–Trinajstić information content (AvgIpc) is 2.65. The Morgan fingerprint density at radius 2 is 2.31 bits per heavy atom. The van der Waals surface area contributed by atoms with Crippen molar-refractivity contribution in [2.45, 2.75) is 6.92 Å². The highest BCUT2D eigenvalue weighted by Gasteiger charge is 2.08. The summed E-state index contributed by atoms with van der Waals surface area (Å²) in [5.41, 5.74) is 1.20. The minimum absolute atomic E-state index is 0.196. The van der Waals surface area contributed by atoms with E-state index in [1.165, 1.54) is 6.20 Å². The summed E-state index contributed by atoms with van der Waals surface area (Å²) in [4.78, 5) is 18.6. The van der Waals surface area contributed by atoms with Gasteiger partial charge in [-0.2, -0.15) is 0 Å². The van der Waals surface area contributed by atoms with Crippen LogP contribution in [-0.4, -0.2) is 15.9 Å². The molecule has 2 aromatic rings. The van der Waals surface area contributed by atoms with E-state index in [4.69, 9.17) is 0 Å². The van der Waals surface area contributed by atoms with Gasteiger partial charge in [0.15, 0.2) is 0 Å². The summed E-state index contributed by atoms with van der Waals surface area (Å²) in [5.74, 6) is 0.526. The van der Waals surface area contributed by atoms with Crippen LogP contribution < -0.4 is 5.32 Å². The fraction of sp³-hybridized carbons (Fsp3) is 0.0909. The van der Waals surface area contributed by atoms with Crippen molar-refractivity contribution >= 4 is 27.5 Å². The van der Waals surface area contributed by atoms with Gasteiger partial charge in [-0.3, -0.25) is 4.79 Å². The van der Waals surface area contributed by atoms with Crippen molar-refractivity contribution in [3.05, 3.63) is 46.5 Å². The van der Waals surface area contributed by atoms with Crippen LogP contribution in [0.3, 0.4) is 0 Å². The van der Waals surface area contributed by atoms with Crippen molar-refractivity contribution < 1.29 is 4.79 Å². The fourth-order valence-corrected chi connectivity index (χ4v) is 1.70. The minimum atomic E-state index is -0.196. The Bertz CT molecular complexity index is 521. The first-order valence-electron chi connectivity index (χ1n) is 4.73. The summed E-state index contributed by atoms with van der Waals surface area (Å²) in [6.45, 7) is 1.80. The number of amides is 1. The van der Waals surface area contributed by atoms with Crippen LogP contribution in [0.25, 0.3) is 0 Å². The molecular formula is C11H10BrN3O. The Labute approximate surface area is 101 Å². The normalized spacial score (nSPS) is 10.1. The Morgan fingerprint density at radius 1 is 1.50 bits per heavy atom. The zero-order valence-electron chi connectivity index (χ0n) is 8.62. The molecule has 0 bridgehead atoms. The summed E-state index contributed by atoms with van der Waals surface area (Å²) in [6, 6.07) is 7.42. The molecule has 2 rings (SSSR count). The van der Waals surface area contributed by atoms with Crippen molar-refractivity contribution in [3.8, 4) is 0 Å². The van der Waals surface area contributed by atoms with Crippen LogP contribution in [-0.2, 0) is 0 Å². The van der Waals surface area contributed by atoms with Crippen LogP contribution in [0.4, 0.5) is 5.69 Å². The molecule has 0 aliphatic rings. The number of rotatable bonds is 2. The zero-order valence-corrected chi connectivity index (χ0v) is 10.2. The van der Waals surface area contributed by atoms with Gasteiger partial charge in [0.2, 0.25) is 0 Å². The molecule has 0 fully saturated rings. The van der Waals surface area contributed by atoms with Gasteiger partial charge in [-0.1, -0.05) is 22.0 Å². The van der Waals surface area contributed by atoms with Gasteiger partial charge in [0, 0.05) is 10.2 Å². The molecule has 4 nitrogen and oxygen atoms in total. The molecule has 0 aliphatic heterocycles. The van der Waals surface area contributed by atoms with Gasteiger partial charge in [-0.15, -0.1) is 0 Å². The smallest absolute Gasteiger partial charge is 0.273 e. The topological polar surface area (TPSA) is 57.8 Å². The summed E-state index contributed by atoms with van der Waals surface area (Å²) in [6.07, 6.45) is 1.52. The van der Waals surface area contributed by atoms with Crippen molar-refractivity contribution in [2.75, 3.05) is 5.32 Å². The van der Waals surface area contributed by atoms with Crippen molar-refractivity contribution in [1.82, 2.24) is 9.97 Å². The molecule has 0 atom stereocenters. The van der Waals surface area contributed by atoms with E-state index < -0.39 is 0 Å². The number of nitrogens with one attached hydrogen (secondary N) is 2. The maximum atomic E-state index is 11.7. The number of hydrogen-bond donors (Lipinski definition) is 2. The van der Waals surface area contributed by atoms with Gasteiger partial charge >= 0.3 is 0 Å². The number of aromatic nitrogens is 2. The third-order valence-corrected chi connectivity index (χ3v) is 2.52. The number of aromatic amines is 1. The molecule has 82 valence electrons. The van der Waals surface area contributed by atoms with E-state index in [2.05, 4.69) is 31.2 Å². The van der Waals surface area contributed by atoms with E-state index in [-0.39, 0.29) is 5.91 Å². The van der Waals surface area contributed by atoms with Crippen LogP contribution >= 0.6 is 15.9 Å². The lowest BCUT2D eigenvalue weighted by Crippen LogP contribution is -2.12. The van der Waals surface area contributed by atoms with Crippen LogP contribution in [0.15, 0.2) is 34.9 Å². The summed E-state index contributed by atoms with van der Waals surface area (Å²) < 4.78 is 0.922. The second-order valence-corrected chi connectivity index (χ2v) is 4.26. The molecular weight excluding hydrogens is 270 g/mol. The van der Waals surface area contributed by atoms with E-state index in [9.17, 15) is 4.79 Å². The van der Waals surface area contributed by atoms with Crippen molar-refractivity contribution in [2.24, 2.45) is 0 Å². The van der Waals surface area contributed by atoms with Crippen molar-refractivity contribution in [1.29, 1.82) is 0 Å². The molecule has 1 aromatic carbocycles. The molecule has 0 radical (unpaired) electrons. The van der Waals surface area contributed by atoms with Gasteiger partial charge in [0.25, 0.3) is 5.91 Å². The van der Waals surface area contributed by atoms with Crippen LogP contribution in [0.1, 0.15) is 16.3 Å². The van der Waals surface area contributed by atoms with Gasteiger partial charge in [0.1, 0.15) is 11.5 Å². The highest BCUT2D eigenvalue weighted by atomic mass is 79.9. The number of imidazole rings is 1.